The lowest BCUT2D eigenvalue weighted by Crippen LogP contribution is -2.66. The van der Waals surface area contributed by atoms with Crippen LogP contribution in [0.15, 0.2) is 35.7 Å². The molecule has 3 fully saturated rings. The molecule has 2 N–H and O–H groups in total. The first-order valence-corrected chi connectivity index (χ1v) is 26.3. The fourth-order valence-electron chi connectivity index (χ4n) is 10.3. The molecule has 1 aromatic carbocycles. The second kappa shape index (κ2) is 27.6. The summed E-state index contributed by atoms with van der Waals surface area (Å²) in [6, 6.07) is 7.32. The summed E-state index contributed by atoms with van der Waals surface area (Å²) < 4.78 is 57.3. The highest BCUT2D eigenvalue weighted by molar-refractivity contribution is 7.17. The molecule has 72 heavy (non-hydrogen) atoms. The van der Waals surface area contributed by atoms with Crippen LogP contribution in [0.3, 0.4) is 0 Å². The quantitative estimate of drug-likeness (QED) is 0.115. The molecule has 5 rings (SSSR count). The second-order valence-electron chi connectivity index (χ2n) is 20.1. The monoisotopic (exact) mass is 1030 g/mol. The molecule has 0 bridgehead atoms. The highest BCUT2D eigenvalue weighted by Gasteiger charge is 2.54. The standard InChI is InChI=1S/C53H80N2O16S/c1-12-42(59)67-40-27-44(61)66-37(19-16-18-36-30-72-41-22-15-14-21-38(36)41)20-17-24-55(10)29-39(58)31(3)26-35(23-25-56)49(50(40)63-11)70-52-47(62)46(54(8)9)48(32(4)65-52)69-45-28-53(7,71-34(6)57)51(33(5)64-45)68-43(60)13-2/h14-16,18,21-22,25,30-33,35,37,39-40,45-52,58,62H,12-13,17,19-20,23-24,26-29H2,1-11H3/b18-16+/t31-,32?,33?,35+,37+,39+,40-,45+,46?,47?,48-,49+,50+,51+,52+,53?/m1/s1. The molecule has 404 valence electrons. The van der Waals surface area contributed by atoms with E-state index in [-0.39, 0.29) is 38.0 Å². The molecule has 0 spiro atoms. The summed E-state index contributed by atoms with van der Waals surface area (Å²) in [4.78, 5) is 68.7. The molecule has 0 radical (unpaired) electrons. The van der Waals surface area contributed by atoms with Crippen LogP contribution in [-0.4, -0.2) is 177 Å². The van der Waals surface area contributed by atoms with Gasteiger partial charge in [0.1, 0.15) is 36.8 Å². The van der Waals surface area contributed by atoms with Crippen molar-refractivity contribution in [3.05, 3.63) is 41.3 Å². The van der Waals surface area contributed by atoms with Crippen LogP contribution in [0.25, 0.3) is 16.2 Å². The Bertz CT molecular complexity index is 2100. The third kappa shape index (κ3) is 15.8. The van der Waals surface area contributed by atoms with E-state index in [9.17, 15) is 34.2 Å². The molecule has 3 saturated heterocycles. The third-order valence-corrected chi connectivity index (χ3v) is 15.0. The van der Waals surface area contributed by atoms with Crippen molar-refractivity contribution in [2.45, 2.75) is 192 Å². The minimum Gasteiger partial charge on any atom is -0.462 e. The lowest BCUT2D eigenvalue weighted by atomic mass is 9.82. The smallest absolute Gasteiger partial charge is 0.309 e. The number of nitrogens with zero attached hydrogens (tertiary/aromatic N) is 2. The van der Waals surface area contributed by atoms with E-state index in [4.69, 9.17) is 42.6 Å². The van der Waals surface area contributed by atoms with E-state index in [1.807, 2.05) is 43.2 Å². The Morgan fingerprint density at radius 1 is 0.972 bits per heavy atom. The lowest BCUT2D eigenvalue weighted by Gasteiger charge is -2.50. The number of aldehydes is 1. The molecule has 16 atom stereocenters. The third-order valence-electron chi connectivity index (χ3n) is 14.0. The van der Waals surface area contributed by atoms with Crippen molar-refractivity contribution in [2.24, 2.45) is 11.8 Å². The molecule has 18 nitrogen and oxygen atoms in total. The summed E-state index contributed by atoms with van der Waals surface area (Å²) in [6.45, 7) is 12.5. The molecule has 3 aliphatic rings. The van der Waals surface area contributed by atoms with Crippen molar-refractivity contribution in [3.63, 3.8) is 0 Å². The van der Waals surface area contributed by atoms with Gasteiger partial charge in [0.2, 0.25) is 0 Å². The molecule has 19 heteroatoms. The fourth-order valence-corrected chi connectivity index (χ4v) is 11.3. The van der Waals surface area contributed by atoms with Gasteiger partial charge in [0, 0.05) is 57.4 Å². The number of methoxy groups -OCH3 is 1. The number of hydrogen-bond donors (Lipinski definition) is 2. The Hall–Kier alpha value is -3.89. The van der Waals surface area contributed by atoms with Crippen molar-refractivity contribution in [2.75, 3.05) is 41.3 Å². The maximum Gasteiger partial charge on any atom is 0.309 e. The van der Waals surface area contributed by atoms with Gasteiger partial charge in [-0.3, -0.25) is 19.2 Å². The van der Waals surface area contributed by atoms with Gasteiger partial charge in [0.15, 0.2) is 24.3 Å². The number of carbonyl (C=O) groups is 5. The number of hydrogen-bond acceptors (Lipinski definition) is 19. The largest absolute Gasteiger partial charge is 0.462 e. The Labute approximate surface area is 428 Å². The molecular weight excluding hydrogens is 953 g/mol. The molecule has 0 amide bonds. The van der Waals surface area contributed by atoms with Crippen LogP contribution in [0.1, 0.15) is 112 Å². The van der Waals surface area contributed by atoms with Gasteiger partial charge in [-0.05, 0) is 102 Å². The predicted octanol–water partition coefficient (Wildman–Crippen LogP) is 5.85. The highest BCUT2D eigenvalue weighted by Crippen LogP contribution is 2.39. The van der Waals surface area contributed by atoms with Gasteiger partial charge in [0.25, 0.3) is 0 Å². The van der Waals surface area contributed by atoms with E-state index in [0.29, 0.717) is 32.4 Å². The van der Waals surface area contributed by atoms with Crippen molar-refractivity contribution in [1.29, 1.82) is 0 Å². The molecule has 0 aliphatic carbocycles. The number of thiophene rings is 1. The van der Waals surface area contributed by atoms with E-state index in [2.05, 4.69) is 17.5 Å². The summed E-state index contributed by atoms with van der Waals surface area (Å²) in [5.41, 5.74) is -0.266. The van der Waals surface area contributed by atoms with Crippen LogP contribution < -0.4 is 0 Å². The first-order valence-electron chi connectivity index (χ1n) is 25.4. The number of fused-ring (bicyclic) bond motifs is 1. The number of β-amino-alcohol motifs (C(OH)–C–C–N with tert-alkyl or cyclic N) is 1. The van der Waals surface area contributed by atoms with Crippen molar-refractivity contribution in [3.8, 4) is 0 Å². The molecule has 3 aliphatic heterocycles. The summed E-state index contributed by atoms with van der Waals surface area (Å²) >= 11 is 1.65. The summed E-state index contributed by atoms with van der Waals surface area (Å²) in [7, 11) is 6.82. The zero-order chi connectivity index (χ0) is 52.9. The van der Waals surface area contributed by atoms with Crippen molar-refractivity contribution >= 4 is 57.7 Å². The lowest BCUT2D eigenvalue weighted by molar-refractivity contribution is -0.344. The number of aliphatic hydroxyl groups excluding tert-OH is 2. The van der Waals surface area contributed by atoms with Crippen molar-refractivity contribution in [1.82, 2.24) is 9.80 Å². The summed E-state index contributed by atoms with van der Waals surface area (Å²) in [5, 5.41) is 27.2. The molecule has 1 aromatic heterocycles. The first kappa shape index (κ1) is 59.0. The van der Waals surface area contributed by atoms with E-state index in [0.717, 1.165) is 17.2 Å². The minimum absolute atomic E-state index is 0.0192. The molecule has 2 aromatic rings. The van der Waals surface area contributed by atoms with Crippen molar-refractivity contribution < 1.29 is 76.8 Å². The van der Waals surface area contributed by atoms with E-state index in [1.165, 1.54) is 18.7 Å². The van der Waals surface area contributed by atoms with E-state index in [1.54, 1.807) is 65.0 Å². The minimum atomic E-state index is -1.44. The Balaban J connectivity index is 1.46. The van der Waals surface area contributed by atoms with Crippen LogP contribution in [0.4, 0.5) is 0 Å². The second-order valence-corrected chi connectivity index (χ2v) is 21.0. The fraction of sp³-hybridized carbons (Fsp3) is 0.717. The number of likely N-dealkylation sites (N-methyl/N-ethyl adjacent to an activating group) is 2. The van der Waals surface area contributed by atoms with Gasteiger partial charge >= 0.3 is 23.9 Å². The van der Waals surface area contributed by atoms with Crippen LogP contribution in [0.2, 0.25) is 0 Å². The van der Waals surface area contributed by atoms with Gasteiger partial charge < -0.3 is 67.4 Å². The number of esters is 4. The Morgan fingerprint density at radius 2 is 1.68 bits per heavy atom. The predicted molar refractivity (Wildman–Crippen MR) is 268 cm³/mol. The molecular formula is C53H80N2O16S. The summed E-state index contributed by atoms with van der Waals surface area (Å²) in [6.07, 6.45) is -6.08. The zero-order valence-corrected chi connectivity index (χ0v) is 44.8. The van der Waals surface area contributed by atoms with Crippen LogP contribution >= 0.6 is 11.3 Å². The average Bonchev–Trinajstić information content (AvgIpc) is 3.73. The van der Waals surface area contributed by atoms with E-state index >= 15 is 0 Å². The van der Waals surface area contributed by atoms with Gasteiger partial charge in [-0.15, -0.1) is 11.3 Å². The zero-order valence-electron chi connectivity index (χ0n) is 44.0. The first-order chi connectivity index (χ1) is 34.2. The number of carbonyl (C=O) groups excluding carboxylic acids is 5. The average molecular weight is 1030 g/mol. The summed E-state index contributed by atoms with van der Waals surface area (Å²) in [5.74, 6) is -3.42. The normalized spacial score (nSPS) is 34.9. The van der Waals surface area contributed by atoms with Crippen LogP contribution in [0.5, 0.6) is 0 Å². The SMILES string of the molecule is CCC(=O)O[C@@H]1CC(=O)O[C@@H](C/C=C/c2csc3ccccc23)CCCN(C)C[C@H](O)[C@H](C)C[C@H](CC=O)[C@H](O[C@@H]2OC(C)[C@@H](O[C@H]3CC(C)(OC(C)=O)[C@@H](OC(=O)CC)C(C)O3)C(N(C)C)C2O)[C@H]1OC. The van der Waals surface area contributed by atoms with Gasteiger partial charge in [-0.1, -0.05) is 51.1 Å². The van der Waals surface area contributed by atoms with Crippen LogP contribution in [0, 0.1) is 11.8 Å². The number of cyclic esters (lactones) is 1. The number of ether oxygens (including phenoxy) is 9. The molecule has 5 unspecified atom stereocenters. The number of rotatable bonds is 16. The molecule has 4 heterocycles. The maximum atomic E-state index is 14.2. The topological polar surface area (TPSA) is 215 Å². The Kier molecular flexibility index (Phi) is 22.6. The highest BCUT2D eigenvalue weighted by atomic mass is 32.1. The van der Waals surface area contributed by atoms with Gasteiger partial charge in [-0.25, -0.2) is 0 Å². The Morgan fingerprint density at radius 3 is 2.35 bits per heavy atom. The van der Waals surface area contributed by atoms with Gasteiger partial charge in [0.05, 0.1) is 36.9 Å². The van der Waals surface area contributed by atoms with Crippen LogP contribution in [-0.2, 0) is 66.6 Å². The van der Waals surface area contributed by atoms with Gasteiger partial charge in [-0.2, -0.15) is 0 Å². The number of benzene rings is 1. The van der Waals surface area contributed by atoms with E-state index < -0.39 is 121 Å². The maximum absolute atomic E-state index is 14.2. The number of aliphatic hydroxyl groups is 2. The molecule has 0 saturated carbocycles.